The van der Waals surface area contributed by atoms with Gasteiger partial charge in [-0.2, -0.15) is 0 Å². The summed E-state index contributed by atoms with van der Waals surface area (Å²) in [6.45, 7) is 31.2. The van der Waals surface area contributed by atoms with Gasteiger partial charge in [-0.25, -0.2) is 4.99 Å². The van der Waals surface area contributed by atoms with Crippen LogP contribution in [0.15, 0.2) is 112 Å². The van der Waals surface area contributed by atoms with E-state index in [1.165, 1.54) is 36.6 Å². The molecule has 0 amide bonds. The third kappa shape index (κ3) is 9.98. The fourth-order valence-electron chi connectivity index (χ4n) is 3.79. The van der Waals surface area contributed by atoms with E-state index in [4.69, 9.17) is 0 Å². The zero-order valence-corrected chi connectivity index (χ0v) is 24.2. The first-order chi connectivity index (χ1) is 17.0. The highest BCUT2D eigenvalue weighted by Gasteiger charge is 2.13. The summed E-state index contributed by atoms with van der Waals surface area (Å²) in [5, 5.41) is 4.35. The van der Waals surface area contributed by atoms with Gasteiger partial charge < -0.3 is 15.1 Å². The van der Waals surface area contributed by atoms with Gasteiger partial charge in [-0.05, 0) is 80.4 Å². The molecule has 5 heteroatoms. The van der Waals surface area contributed by atoms with Crippen molar-refractivity contribution in [2.75, 3.05) is 27.2 Å². The van der Waals surface area contributed by atoms with Gasteiger partial charge in [0, 0.05) is 50.2 Å². The van der Waals surface area contributed by atoms with Crippen molar-refractivity contribution in [3.05, 3.63) is 107 Å². The van der Waals surface area contributed by atoms with Crippen molar-refractivity contribution in [1.82, 2.24) is 15.1 Å². The van der Waals surface area contributed by atoms with Crippen LogP contribution in [0, 0.1) is 0 Å². The molecule has 1 N–H and O–H groups in total. The lowest BCUT2D eigenvalue weighted by atomic mass is 9.96. The van der Waals surface area contributed by atoms with E-state index in [2.05, 4.69) is 68.9 Å². The lowest BCUT2D eigenvalue weighted by molar-refractivity contribution is 0.284. The summed E-state index contributed by atoms with van der Waals surface area (Å²) in [7, 11) is 4.00. The normalized spacial score (nSPS) is 16.2. The number of hydrogen-bond acceptors (Lipinski definition) is 5. The Morgan fingerprint density at radius 3 is 2.19 bits per heavy atom. The van der Waals surface area contributed by atoms with Crippen LogP contribution in [0.4, 0.5) is 0 Å². The van der Waals surface area contributed by atoms with Crippen LogP contribution < -0.4 is 5.32 Å². The van der Waals surface area contributed by atoms with Crippen LogP contribution in [0.5, 0.6) is 0 Å². The average molecular weight is 507 g/mol. The topological polar surface area (TPSA) is 30.9 Å². The minimum Gasteiger partial charge on any atom is -0.383 e. The Labute approximate surface area is 225 Å². The van der Waals surface area contributed by atoms with E-state index in [1.807, 2.05) is 56.6 Å². The zero-order chi connectivity index (χ0) is 27.3. The van der Waals surface area contributed by atoms with Gasteiger partial charge in [0.1, 0.15) is 5.82 Å². The molecule has 1 heterocycles. The molecule has 0 aliphatic carbocycles. The van der Waals surface area contributed by atoms with Gasteiger partial charge in [0.2, 0.25) is 0 Å². The van der Waals surface area contributed by atoms with Crippen molar-refractivity contribution in [2.45, 2.75) is 53.4 Å². The zero-order valence-electron chi connectivity index (χ0n) is 23.4. The number of aliphatic imine (C=N–C) groups is 1. The lowest BCUT2D eigenvalue weighted by Crippen LogP contribution is -2.27. The molecule has 1 saturated heterocycles. The maximum absolute atomic E-state index is 4.53. The second kappa shape index (κ2) is 15.9. The molecule has 36 heavy (non-hydrogen) atoms. The highest BCUT2D eigenvalue weighted by molar-refractivity contribution is 8.06. The molecule has 196 valence electrons. The van der Waals surface area contributed by atoms with Crippen molar-refractivity contribution < 1.29 is 0 Å². The Balaban J connectivity index is 3.00. The maximum Gasteiger partial charge on any atom is 0.121 e. The molecule has 0 atom stereocenters. The Morgan fingerprint density at radius 1 is 1.03 bits per heavy atom. The number of piperidine rings is 1. The van der Waals surface area contributed by atoms with E-state index in [1.54, 1.807) is 0 Å². The summed E-state index contributed by atoms with van der Waals surface area (Å²) in [6.07, 6.45) is 14.2. The Hall–Kier alpha value is -2.92. The molecule has 1 aliphatic heterocycles. The molecule has 0 bridgehead atoms. The minimum absolute atomic E-state index is 0.810. The third-order valence-electron chi connectivity index (χ3n) is 6.09. The van der Waals surface area contributed by atoms with Crippen LogP contribution in [-0.4, -0.2) is 43.2 Å². The SMILES string of the molecule is C=CC(=C\N(C)C)/C(C=C)=C(C)/C(NC(=C)SC(=C)/C(C)=C/C=N\C(=C)N1CCCCC1)=C(\C)CC. The van der Waals surface area contributed by atoms with Crippen molar-refractivity contribution >= 4 is 18.0 Å². The predicted octanol–water partition coefficient (Wildman–Crippen LogP) is 8.09. The molecule has 0 spiro atoms. The summed E-state index contributed by atoms with van der Waals surface area (Å²) in [4.78, 5) is 9.71. The highest BCUT2D eigenvalue weighted by Crippen LogP contribution is 2.30. The van der Waals surface area contributed by atoms with Crippen molar-refractivity contribution in [2.24, 2.45) is 4.99 Å². The van der Waals surface area contributed by atoms with Crippen molar-refractivity contribution in [3.63, 3.8) is 0 Å². The van der Waals surface area contributed by atoms with E-state index in [0.717, 1.165) is 63.3 Å². The average Bonchev–Trinajstić information content (AvgIpc) is 2.86. The van der Waals surface area contributed by atoms with Gasteiger partial charge >= 0.3 is 0 Å². The first kappa shape index (κ1) is 31.1. The van der Waals surface area contributed by atoms with Crippen LogP contribution in [0.25, 0.3) is 0 Å². The van der Waals surface area contributed by atoms with Gasteiger partial charge in [0.25, 0.3) is 0 Å². The lowest BCUT2D eigenvalue weighted by Gasteiger charge is -2.27. The molecule has 4 nitrogen and oxygen atoms in total. The second-order valence-electron chi connectivity index (χ2n) is 9.17. The molecule has 0 unspecified atom stereocenters. The quantitative estimate of drug-likeness (QED) is 0.190. The van der Waals surface area contributed by atoms with Gasteiger partial charge in [-0.15, -0.1) is 0 Å². The Bertz CT molecular complexity index is 996. The molecule has 0 saturated carbocycles. The fraction of sp³-hybridized carbons (Fsp3) is 0.387. The number of rotatable bonds is 14. The summed E-state index contributed by atoms with van der Waals surface area (Å²) < 4.78 is 0. The first-order valence-corrected chi connectivity index (χ1v) is 13.4. The molecule has 0 aromatic rings. The molecule has 1 fully saturated rings. The van der Waals surface area contributed by atoms with Crippen molar-refractivity contribution in [1.29, 1.82) is 0 Å². The van der Waals surface area contributed by atoms with Crippen LogP contribution in [0.1, 0.15) is 53.4 Å². The standard InChI is InChI=1S/C31H46N4S/c1-12-23(4)31(25(6)30(14-3)29(13-2)22-34(10)11)33-28(9)36-26(7)24(5)18-19-32-27(8)35-20-16-15-17-21-35/h13-14,18-19,22,33H,2-3,7-9,12,15-17,20-21H2,1,4-6,10-11H3/b24-18+,29-22+,30-25+,31-23-,32-19-. The van der Waals surface area contributed by atoms with Crippen LogP contribution >= 0.6 is 11.8 Å². The second-order valence-corrected chi connectivity index (χ2v) is 10.4. The Morgan fingerprint density at radius 2 is 1.67 bits per heavy atom. The molecular formula is C31H46N4S. The van der Waals surface area contributed by atoms with Gasteiger partial charge in [-0.1, -0.05) is 63.7 Å². The van der Waals surface area contributed by atoms with Crippen molar-refractivity contribution in [3.8, 4) is 0 Å². The number of nitrogens with zero attached hydrogens (tertiary/aromatic N) is 3. The monoisotopic (exact) mass is 506 g/mol. The van der Waals surface area contributed by atoms with E-state index in [9.17, 15) is 0 Å². The molecule has 1 aliphatic rings. The van der Waals surface area contributed by atoms with Crippen LogP contribution in [0.3, 0.4) is 0 Å². The highest BCUT2D eigenvalue weighted by atomic mass is 32.2. The molecule has 1 rings (SSSR count). The molecule has 0 radical (unpaired) electrons. The first-order valence-electron chi connectivity index (χ1n) is 12.6. The Kier molecular flexibility index (Phi) is 13.8. The smallest absolute Gasteiger partial charge is 0.121 e. The summed E-state index contributed by atoms with van der Waals surface area (Å²) in [5.74, 6) is 0.829. The van der Waals surface area contributed by atoms with Gasteiger partial charge in [-0.3, -0.25) is 0 Å². The van der Waals surface area contributed by atoms with E-state index >= 15 is 0 Å². The number of allylic oxidation sites excluding steroid dienone is 8. The van der Waals surface area contributed by atoms with Crippen LogP contribution in [-0.2, 0) is 0 Å². The predicted molar refractivity (Wildman–Crippen MR) is 164 cm³/mol. The number of nitrogens with one attached hydrogen (secondary N) is 1. The van der Waals surface area contributed by atoms with E-state index in [-0.39, 0.29) is 0 Å². The summed E-state index contributed by atoms with van der Waals surface area (Å²) in [6, 6.07) is 0. The fourth-order valence-corrected chi connectivity index (χ4v) is 4.47. The third-order valence-corrected chi connectivity index (χ3v) is 7.01. The number of hydrogen-bond donors (Lipinski definition) is 1. The summed E-state index contributed by atoms with van der Waals surface area (Å²) >= 11 is 1.52. The minimum atomic E-state index is 0.810. The molecular weight excluding hydrogens is 460 g/mol. The summed E-state index contributed by atoms with van der Waals surface area (Å²) in [5.41, 5.74) is 6.47. The van der Waals surface area contributed by atoms with Gasteiger partial charge in [0.15, 0.2) is 0 Å². The van der Waals surface area contributed by atoms with Crippen LogP contribution in [0.2, 0.25) is 0 Å². The van der Waals surface area contributed by atoms with E-state index < -0.39 is 0 Å². The number of thioether (sulfide) groups is 1. The molecule has 0 aromatic heterocycles. The largest absolute Gasteiger partial charge is 0.383 e. The van der Waals surface area contributed by atoms with Gasteiger partial charge in [0.05, 0.1) is 5.03 Å². The maximum atomic E-state index is 4.53. The number of likely N-dealkylation sites (tertiary alicyclic amines) is 1. The van der Waals surface area contributed by atoms with E-state index in [0.29, 0.717) is 0 Å². The molecule has 0 aromatic carbocycles.